The zero-order valence-electron chi connectivity index (χ0n) is 11.2. The van der Waals surface area contributed by atoms with E-state index in [1.165, 1.54) is 18.1 Å². The topological polar surface area (TPSA) is 62.3 Å². The highest BCUT2D eigenvalue weighted by Crippen LogP contribution is 2.24. The van der Waals surface area contributed by atoms with Crippen molar-refractivity contribution in [2.45, 2.75) is 0 Å². The van der Waals surface area contributed by atoms with Crippen LogP contribution in [0, 0.1) is 0 Å². The molecule has 0 atom stereocenters. The summed E-state index contributed by atoms with van der Waals surface area (Å²) in [5, 5.41) is 4.27. The number of pyridine rings is 1. The number of hydrogen-bond donors (Lipinski definition) is 1. The highest BCUT2D eigenvalue weighted by molar-refractivity contribution is 6.34. The lowest BCUT2D eigenvalue weighted by atomic mass is 10.1. The number of likely N-dealkylation sites (N-methyl/N-ethyl adjacent to an activating group) is 2. The van der Waals surface area contributed by atoms with E-state index < -0.39 is 0 Å². The van der Waals surface area contributed by atoms with Gasteiger partial charge in [-0.15, -0.1) is 0 Å². The largest absolute Gasteiger partial charge is 0.358 e. The lowest BCUT2D eigenvalue weighted by Gasteiger charge is -2.17. The summed E-state index contributed by atoms with van der Waals surface area (Å²) in [4.78, 5) is 29.1. The SMILES string of the molecule is CNC(=O)CN(C)C(=O)c1cnc(Cl)c2ccccc12. The molecular formula is C14H14ClN3O2. The van der Waals surface area contributed by atoms with E-state index in [0.717, 1.165) is 5.39 Å². The molecule has 1 N–H and O–H groups in total. The Kier molecular flexibility index (Phi) is 4.20. The van der Waals surface area contributed by atoms with Crippen molar-refractivity contribution in [2.75, 3.05) is 20.6 Å². The summed E-state index contributed by atoms with van der Waals surface area (Å²) in [5.41, 5.74) is 0.427. The van der Waals surface area contributed by atoms with Crippen molar-refractivity contribution >= 4 is 34.2 Å². The number of aromatic nitrogens is 1. The molecule has 6 heteroatoms. The van der Waals surface area contributed by atoms with Crippen molar-refractivity contribution in [2.24, 2.45) is 0 Å². The predicted octanol–water partition coefficient (Wildman–Crippen LogP) is 1.71. The molecule has 0 spiro atoms. The molecule has 1 aromatic heterocycles. The van der Waals surface area contributed by atoms with Crippen LogP contribution in [0.1, 0.15) is 10.4 Å². The van der Waals surface area contributed by atoms with Crippen molar-refractivity contribution in [3.63, 3.8) is 0 Å². The number of nitrogens with one attached hydrogen (secondary N) is 1. The fourth-order valence-electron chi connectivity index (χ4n) is 1.90. The van der Waals surface area contributed by atoms with Crippen molar-refractivity contribution < 1.29 is 9.59 Å². The normalized spacial score (nSPS) is 10.3. The first-order valence-electron chi connectivity index (χ1n) is 6.04. The number of amides is 2. The first kappa shape index (κ1) is 14.3. The number of benzene rings is 1. The fraction of sp³-hybridized carbons (Fsp3) is 0.214. The van der Waals surface area contributed by atoms with Crippen molar-refractivity contribution in [1.29, 1.82) is 0 Å². The zero-order valence-corrected chi connectivity index (χ0v) is 11.9. The first-order chi connectivity index (χ1) is 9.54. The Morgan fingerprint density at radius 2 is 1.95 bits per heavy atom. The summed E-state index contributed by atoms with van der Waals surface area (Å²) in [6.45, 7) is -0.00765. The molecule has 2 rings (SSSR count). The summed E-state index contributed by atoms with van der Waals surface area (Å²) >= 11 is 6.02. The van der Waals surface area contributed by atoms with Gasteiger partial charge in [-0.2, -0.15) is 0 Å². The quantitative estimate of drug-likeness (QED) is 0.876. The summed E-state index contributed by atoms with van der Waals surface area (Å²) < 4.78 is 0. The minimum Gasteiger partial charge on any atom is -0.358 e. The number of halogens is 1. The number of fused-ring (bicyclic) bond motifs is 1. The van der Waals surface area contributed by atoms with Crippen LogP contribution in [-0.4, -0.2) is 42.3 Å². The molecule has 2 aromatic rings. The van der Waals surface area contributed by atoms with E-state index in [9.17, 15) is 9.59 Å². The Labute approximate surface area is 121 Å². The Morgan fingerprint density at radius 3 is 2.60 bits per heavy atom. The minimum atomic E-state index is -0.269. The van der Waals surface area contributed by atoms with Crippen LogP contribution in [0.5, 0.6) is 0 Å². The second-order valence-corrected chi connectivity index (χ2v) is 4.70. The van der Waals surface area contributed by atoms with Gasteiger partial charge in [0, 0.05) is 25.7 Å². The Balaban J connectivity index is 2.40. The Hall–Kier alpha value is -2.14. The molecule has 0 saturated heterocycles. The average molecular weight is 292 g/mol. The average Bonchev–Trinajstić information content (AvgIpc) is 2.47. The summed E-state index contributed by atoms with van der Waals surface area (Å²) in [5.74, 6) is -0.499. The van der Waals surface area contributed by atoms with Crippen LogP contribution in [0.4, 0.5) is 0 Å². The molecule has 104 valence electrons. The van der Waals surface area contributed by atoms with Gasteiger partial charge in [0.15, 0.2) is 0 Å². The predicted molar refractivity (Wildman–Crippen MR) is 77.8 cm³/mol. The maximum atomic E-state index is 12.4. The number of carbonyl (C=O) groups excluding carboxylic acids is 2. The smallest absolute Gasteiger partial charge is 0.256 e. The molecule has 0 fully saturated rings. The standard InChI is InChI=1S/C14H14ClN3O2/c1-16-12(19)8-18(2)14(20)11-7-17-13(15)10-6-4-3-5-9(10)11/h3-7H,8H2,1-2H3,(H,16,19). The van der Waals surface area contributed by atoms with E-state index in [4.69, 9.17) is 11.6 Å². The third-order valence-electron chi connectivity index (χ3n) is 2.98. The molecule has 2 amide bonds. The van der Waals surface area contributed by atoms with Crippen molar-refractivity contribution in [1.82, 2.24) is 15.2 Å². The van der Waals surface area contributed by atoms with Gasteiger partial charge in [-0.05, 0) is 5.39 Å². The van der Waals surface area contributed by atoms with E-state index in [1.807, 2.05) is 18.2 Å². The molecule has 0 aliphatic heterocycles. The lowest BCUT2D eigenvalue weighted by Crippen LogP contribution is -2.37. The van der Waals surface area contributed by atoms with Gasteiger partial charge in [0.05, 0.1) is 12.1 Å². The molecule has 20 heavy (non-hydrogen) atoms. The molecule has 0 aliphatic carbocycles. The van der Waals surface area contributed by atoms with Crippen LogP contribution in [-0.2, 0) is 4.79 Å². The van der Waals surface area contributed by atoms with Crippen LogP contribution in [0.2, 0.25) is 5.15 Å². The van der Waals surface area contributed by atoms with Gasteiger partial charge in [-0.25, -0.2) is 4.98 Å². The monoisotopic (exact) mass is 291 g/mol. The highest BCUT2D eigenvalue weighted by Gasteiger charge is 2.18. The molecule has 0 bridgehead atoms. The molecule has 5 nitrogen and oxygen atoms in total. The molecular weight excluding hydrogens is 278 g/mol. The highest BCUT2D eigenvalue weighted by atomic mass is 35.5. The molecule has 1 heterocycles. The van der Waals surface area contributed by atoms with Crippen molar-refractivity contribution in [3.8, 4) is 0 Å². The van der Waals surface area contributed by atoms with Crippen LogP contribution < -0.4 is 5.32 Å². The number of rotatable bonds is 3. The minimum absolute atomic E-state index is 0.00765. The molecule has 0 unspecified atom stereocenters. The van der Waals surface area contributed by atoms with Gasteiger partial charge < -0.3 is 10.2 Å². The lowest BCUT2D eigenvalue weighted by molar-refractivity contribution is -0.121. The molecule has 1 aromatic carbocycles. The Bertz CT molecular complexity index is 673. The van der Waals surface area contributed by atoms with Gasteiger partial charge in [-0.3, -0.25) is 9.59 Å². The second kappa shape index (κ2) is 5.88. The maximum absolute atomic E-state index is 12.4. The van der Waals surface area contributed by atoms with E-state index in [0.29, 0.717) is 16.1 Å². The van der Waals surface area contributed by atoms with Gasteiger partial charge in [0.25, 0.3) is 5.91 Å². The zero-order chi connectivity index (χ0) is 14.7. The maximum Gasteiger partial charge on any atom is 0.256 e. The van der Waals surface area contributed by atoms with Gasteiger partial charge >= 0.3 is 0 Å². The van der Waals surface area contributed by atoms with E-state index in [-0.39, 0.29) is 18.4 Å². The van der Waals surface area contributed by atoms with Crippen LogP contribution >= 0.6 is 11.6 Å². The number of nitrogens with zero attached hydrogens (tertiary/aromatic N) is 2. The van der Waals surface area contributed by atoms with E-state index in [1.54, 1.807) is 13.1 Å². The van der Waals surface area contributed by atoms with Crippen molar-refractivity contribution in [3.05, 3.63) is 41.2 Å². The van der Waals surface area contributed by atoms with Gasteiger partial charge in [0.1, 0.15) is 5.15 Å². The third-order valence-corrected chi connectivity index (χ3v) is 3.28. The third kappa shape index (κ3) is 2.72. The fourth-order valence-corrected chi connectivity index (χ4v) is 2.11. The van der Waals surface area contributed by atoms with Crippen LogP contribution in [0.3, 0.4) is 0 Å². The van der Waals surface area contributed by atoms with Gasteiger partial charge in [-0.1, -0.05) is 35.9 Å². The summed E-state index contributed by atoms with van der Waals surface area (Å²) in [6.07, 6.45) is 1.44. The second-order valence-electron chi connectivity index (χ2n) is 4.34. The molecule has 0 radical (unpaired) electrons. The number of hydrogen-bond acceptors (Lipinski definition) is 3. The summed E-state index contributed by atoms with van der Waals surface area (Å²) in [7, 11) is 3.10. The Morgan fingerprint density at radius 1 is 1.30 bits per heavy atom. The summed E-state index contributed by atoms with van der Waals surface area (Å²) in [6, 6.07) is 7.27. The van der Waals surface area contributed by atoms with E-state index >= 15 is 0 Å². The molecule has 0 aliphatic rings. The first-order valence-corrected chi connectivity index (χ1v) is 6.41. The van der Waals surface area contributed by atoms with Crippen LogP contribution in [0.25, 0.3) is 10.8 Å². The van der Waals surface area contributed by atoms with Gasteiger partial charge in [0.2, 0.25) is 5.91 Å². The van der Waals surface area contributed by atoms with E-state index in [2.05, 4.69) is 10.3 Å². The number of carbonyl (C=O) groups is 2. The molecule has 0 saturated carbocycles. The van der Waals surface area contributed by atoms with Crippen LogP contribution in [0.15, 0.2) is 30.5 Å².